The Hall–Kier alpha value is -2.08. The van der Waals surface area contributed by atoms with Gasteiger partial charge in [0.1, 0.15) is 11.5 Å². The summed E-state index contributed by atoms with van der Waals surface area (Å²) in [4.78, 5) is 0. The van der Waals surface area contributed by atoms with Crippen LogP contribution in [0.2, 0.25) is 0 Å². The van der Waals surface area contributed by atoms with Gasteiger partial charge in [-0.3, -0.25) is 0 Å². The third-order valence-electron chi connectivity index (χ3n) is 3.78. The first kappa shape index (κ1) is 19.2. The number of methoxy groups -OCH3 is 2. The second kappa shape index (κ2) is 9.42. The Kier molecular flexibility index (Phi) is 7.25. The van der Waals surface area contributed by atoms with E-state index in [4.69, 9.17) is 9.47 Å². The predicted molar refractivity (Wildman–Crippen MR) is 98.7 cm³/mol. The molecular weight excluding hydrogens is 409 g/mol. The van der Waals surface area contributed by atoms with E-state index in [1.807, 2.05) is 72.8 Å². The van der Waals surface area contributed by atoms with Crippen LogP contribution in [0.4, 0.5) is 0 Å². The molecular formula is C22H18CdO2. The van der Waals surface area contributed by atoms with Crippen LogP contribution in [-0.4, -0.2) is 14.2 Å². The van der Waals surface area contributed by atoms with Gasteiger partial charge in [-0.15, -0.1) is 33.7 Å². The van der Waals surface area contributed by atoms with Crippen molar-refractivity contribution in [2.75, 3.05) is 14.2 Å². The van der Waals surface area contributed by atoms with Gasteiger partial charge >= 0.3 is 27.3 Å². The summed E-state index contributed by atoms with van der Waals surface area (Å²) in [6, 6.07) is 29.9. The minimum absolute atomic E-state index is 0. The van der Waals surface area contributed by atoms with Crippen LogP contribution in [0.1, 0.15) is 0 Å². The van der Waals surface area contributed by atoms with Gasteiger partial charge in [0.05, 0.1) is 14.2 Å². The molecule has 4 rings (SSSR count). The van der Waals surface area contributed by atoms with Crippen molar-refractivity contribution < 1.29 is 36.8 Å². The topological polar surface area (TPSA) is 18.5 Å². The minimum Gasteiger partial charge on any atom is -0.497 e. The van der Waals surface area contributed by atoms with Crippen LogP contribution in [0.25, 0.3) is 21.5 Å². The zero-order valence-corrected chi connectivity index (χ0v) is 18.5. The summed E-state index contributed by atoms with van der Waals surface area (Å²) in [6.45, 7) is 0. The first-order valence-electron chi connectivity index (χ1n) is 7.68. The van der Waals surface area contributed by atoms with Gasteiger partial charge in [-0.2, -0.15) is 48.5 Å². The molecule has 0 saturated heterocycles. The van der Waals surface area contributed by atoms with Crippen molar-refractivity contribution in [1.82, 2.24) is 0 Å². The normalized spacial score (nSPS) is 9.68. The number of rotatable bonds is 2. The second-order valence-electron chi connectivity index (χ2n) is 5.28. The Bertz CT molecular complexity index is 871. The van der Waals surface area contributed by atoms with Gasteiger partial charge in [-0.1, -0.05) is 0 Å². The van der Waals surface area contributed by atoms with Gasteiger partial charge in [0.15, 0.2) is 0 Å². The van der Waals surface area contributed by atoms with Gasteiger partial charge < -0.3 is 9.47 Å². The zero-order valence-electron chi connectivity index (χ0n) is 14.5. The van der Waals surface area contributed by atoms with E-state index in [9.17, 15) is 0 Å². The molecule has 0 amide bonds. The van der Waals surface area contributed by atoms with Gasteiger partial charge in [0.25, 0.3) is 0 Å². The average Bonchev–Trinajstić information content (AvgIpc) is 2.67. The third-order valence-corrected chi connectivity index (χ3v) is 3.78. The largest absolute Gasteiger partial charge is 2.00 e. The average molecular weight is 427 g/mol. The summed E-state index contributed by atoms with van der Waals surface area (Å²) < 4.78 is 10.2. The van der Waals surface area contributed by atoms with E-state index in [0.29, 0.717) is 0 Å². The molecule has 120 valence electrons. The molecule has 25 heavy (non-hydrogen) atoms. The molecule has 0 N–H and O–H groups in total. The maximum absolute atomic E-state index is 5.11. The van der Waals surface area contributed by atoms with Gasteiger partial charge in [0.2, 0.25) is 0 Å². The molecule has 0 fully saturated rings. The Morgan fingerprint density at radius 3 is 1.44 bits per heavy atom. The molecule has 0 heterocycles. The van der Waals surface area contributed by atoms with Crippen molar-refractivity contribution >= 4 is 21.5 Å². The molecule has 0 radical (unpaired) electrons. The molecule has 0 atom stereocenters. The second-order valence-corrected chi connectivity index (χ2v) is 5.28. The van der Waals surface area contributed by atoms with Crippen molar-refractivity contribution in [3.63, 3.8) is 0 Å². The number of hydrogen-bond donors (Lipinski definition) is 0. The molecule has 0 aliphatic heterocycles. The van der Waals surface area contributed by atoms with E-state index in [2.05, 4.69) is 12.1 Å². The van der Waals surface area contributed by atoms with Crippen LogP contribution in [0.3, 0.4) is 0 Å². The van der Waals surface area contributed by atoms with Crippen LogP contribution in [0.15, 0.2) is 72.8 Å². The number of benzene rings is 4. The van der Waals surface area contributed by atoms with Crippen molar-refractivity contribution in [3.8, 4) is 11.5 Å². The van der Waals surface area contributed by atoms with E-state index in [1.165, 1.54) is 21.5 Å². The molecule has 0 aromatic heterocycles. The van der Waals surface area contributed by atoms with Crippen molar-refractivity contribution in [2.24, 2.45) is 0 Å². The summed E-state index contributed by atoms with van der Waals surface area (Å²) in [5, 5.41) is 4.76. The van der Waals surface area contributed by atoms with Gasteiger partial charge in [0, 0.05) is 0 Å². The molecule has 4 aromatic carbocycles. The summed E-state index contributed by atoms with van der Waals surface area (Å²) in [7, 11) is 3.35. The molecule has 0 aliphatic rings. The van der Waals surface area contributed by atoms with Gasteiger partial charge in [-0.25, -0.2) is 0 Å². The Balaban J connectivity index is 0.000000173. The number of ether oxygens (including phenoxy) is 2. The molecule has 0 aliphatic carbocycles. The smallest absolute Gasteiger partial charge is 0.497 e. The maximum atomic E-state index is 5.11. The molecule has 2 nitrogen and oxygen atoms in total. The zero-order chi connectivity index (χ0) is 16.8. The van der Waals surface area contributed by atoms with E-state index in [0.717, 1.165) is 11.5 Å². The van der Waals surface area contributed by atoms with E-state index in [-0.39, 0.29) is 27.3 Å². The van der Waals surface area contributed by atoms with Crippen LogP contribution < -0.4 is 9.47 Å². The molecule has 4 aromatic rings. The first-order chi connectivity index (χ1) is 11.8. The molecule has 0 unspecified atom stereocenters. The fourth-order valence-corrected chi connectivity index (χ4v) is 2.46. The van der Waals surface area contributed by atoms with Crippen LogP contribution in [0.5, 0.6) is 11.5 Å². The van der Waals surface area contributed by atoms with Crippen molar-refractivity contribution in [3.05, 3.63) is 84.9 Å². The fraction of sp³-hybridized carbons (Fsp3) is 0.0909. The molecule has 0 bridgehead atoms. The number of hydrogen-bond acceptors (Lipinski definition) is 2. The van der Waals surface area contributed by atoms with E-state index in [1.54, 1.807) is 14.2 Å². The number of fused-ring (bicyclic) bond motifs is 2. The Morgan fingerprint density at radius 2 is 1.04 bits per heavy atom. The SMILES string of the molecule is COc1ccc2c[c-]ccc2c1.COc1ccc2c[c-]ccc2c1.[Cd+2]. The fourth-order valence-electron chi connectivity index (χ4n) is 2.46. The summed E-state index contributed by atoms with van der Waals surface area (Å²) in [5.74, 6) is 1.79. The van der Waals surface area contributed by atoms with Crippen molar-refractivity contribution in [2.45, 2.75) is 0 Å². The predicted octanol–water partition coefficient (Wildman–Crippen LogP) is 5.29. The van der Waals surface area contributed by atoms with E-state index >= 15 is 0 Å². The van der Waals surface area contributed by atoms with E-state index < -0.39 is 0 Å². The molecule has 0 spiro atoms. The molecule has 3 heteroatoms. The summed E-state index contributed by atoms with van der Waals surface area (Å²) in [5.41, 5.74) is 0. The monoisotopic (exact) mass is 428 g/mol. The maximum Gasteiger partial charge on any atom is 2.00 e. The summed E-state index contributed by atoms with van der Waals surface area (Å²) in [6.07, 6.45) is 0. The Morgan fingerprint density at radius 1 is 0.600 bits per heavy atom. The summed E-state index contributed by atoms with van der Waals surface area (Å²) >= 11 is 0. The third kappa shape index (κ3) is 4.95. The van der Waals surface area contributed by atoms with Crippen LogP contribution in [-0.2, 0) is 27.3 Å². The van der Waals surface area contributed by atoms with Crippen LogP contribution in [0, 0.1) is 12.1 Å². The van der Waals surface area contributed by atoms with Gasteiger partial charge in [-0.05, 0) is 24.3 Å². The molecule has 0 saturated carbocycles. The van der Waals surface area contributed by atoms with Crippen molar-refractivity contribution in [1.29, 1.82) is 0 Å². The van der Waals surface area contributed by atoms with Crippen LogP contribution >= 0.6 is 0 Å². The first-order valence-corrected chi connectivity index (χ1v) is 7.68. The Labute approximate surface area is 168 Å². The standard InChI is InChI=1S/2C11H9O.Cd/c2*1-12-11-7-6-9-4-2-3-5-10(9)8-11;/h2*3-8H,1H3;/q2*-1;+2. The quantitative estimate of drug-likeness (QED) is 0.320. The minimum atomic E-state index is 0.